The van der Waals surface area contributed by atoms with E-state index in [1.807, 2.05) is 30.3 Å². The van der Waals surface area contributed by atoms with Gasteiger partial charge in [-0.25, -0.2) is 4.79 Å². The van der Waals surface area contributed by atoms with Crippen LogP contribution in [0.3, 0.4) is 0 Å². The summed E-state index contributed by atoms with van der Waals surface area (Å²) in [4.78, 5) is 23.0. The minimum absolute atomic E-state index is 0.117. The maximum Gasteiger partial charge on any atom is 0.407 e. The van der Waals surface area contributed by atoms with Crippen molar-refractivity contribution in [2.24, 2.45) is 0 Å². The number of ketones is 1. The third-order valence-corrected chi connectivity index (χ3v) is 3.67. The highest BCUT2D eigenvalue weighted by Gasteiger charge is 2.20. The Kier molecular flexibility index (Phi) is 6.68. The Labute approximate surface area is 146 Å². The zero-order chi connectivity index (χ0) is 18.2. The molecule has 0 fully saturated rings. The monoisotopic (exact) mass is 343 g/mol. The predicted octanol–water partition coefficient (Wildman–Crippen LogP) is 2.21. The molecule has 0 spiro atoms. The zero-order valence-corrected chi connectivity index (χ0v) is 13.9. The third-order valence-electron chi connectivity index (χ3n) is 3.67. The number of hydrogen-bond acceptors (Lipinski definition) is 5. The van der Waals surface area contributed by atoms with Crippen LogP contribution in [0.1, 0.15) is 34.5 Å². The molecule has 2 aromatic carbocycles. The molecule has 132 valence electrons. The van der Waals surface area contributed by atoms with Gasteiger partial charge in [0, 0.05) is 12.1 Å². The second kappa shape index (κ2) is 8.96. The number of nitrogens with one attached hydrogen (secondary N) is 1. The summed E-state index contributed by atoms with van der Waals surface area (Å²) in [6.07, 6.45) is -3.15. The molecule has 6 nitrogen and oxygen atoms in total. The molecule has 0 aromatic heterocycles. The topological polar surface area (TPSA) is 95.9 Å². The molecule has 0 radical (unpaired) electrons. The van der Waals surface area contributed by atoms with Gasteiger partial charge in [0.2, 0.25) is 0 Å². The lowest BCUT2D eigenvalue weighted by molar-refractivity contribution is 0.0184. The van der Waals surface area contributed by atoms with Crippen LogP contribution in [0.2, 0.25) is 0 Å². The maximum absolute atomic E-state index is 11.7. The zero-order valence-electron chi connectivity index (χ0n) is 13.9. The molecule has 0 saturated heterocycles. The fourth-order valence-electron chi connectivity index (χ4n) is 2.24. The highest BCUT2D eigenvalue weighted by Crippen LogP contribution is 2.18. The number of aliphatic hydroxyl groups excluding tert-OH is 2. The summed E-state index contributed by atoms with van der Waals surface area (Å²) in [6, 6.07) is 15.6. The average Bonchev–Trinajstić information content (AvgIpc) is 2.64. The molecule has 2 aromatic rings. The van der Waals surface area contributed by atoms with E-state index in [9.17, 15) is 19.8 Å². The van der Waals surface area contributed by atoms with Gasteiger partial charge in [-0.3, -0.25) is 4.79 Å². The lowest BCUT2D eigenvalue weighted by atomic mass is 10.0. The summed E-state index contributed by atoms with van der Waals surface area (Å²) in [5, 5.41) is 22.6. The second-order valence-corrected chi connectivity index (χ2v) is 5.64. The molecule has 6 heteroatoms. The van der Waals surface area contributed by atoms with Gasteiger partial charge in [0.1, 0.15) is 18.8 Å². The highest BCUT2D eigenvalue weighted by molar-refractivity contribution is 5.94. The average molecular weight is 343 g/mol. The molecule has 0 aliphatic heterocycles. The molecule has 0 aliphatic rings. The number of ether oxygens (including phenoxy) is 1. The van der Waals surface area contributed by atoms with Gasteiger partial charge >= 0.3 is 6.09 Å². The molecule has 3 N–H and O–H groups in total. The van der Waals surface area contributed by atoms with E-state index in [1.165, 1.54) is 13.0 Å². The van der Waals surface area contributed by atoms with E-state index in [-0.39, 0.29) is 18.9 Å². The Balaban J connectivity index is 1.82. The summed E-state index contributed by atoms with van der Waals surface area (Å²) >= 11 is 0. The van der Waals surface area contributed by atoms with Gasteiger partial charge in [0.05, 0.1) is 0 Å². The van der Waals surface area contributed by atoms with Crippen molar-refractivity contribution >= 4 is 11.9 Å². The van der Waals surface area contributed by atoms with Crippen LogP contribution in [0.15, 0.2) is 54.6 Å². The number of carbonyl (C=O) groups is 2. The number of benzene rings is 2. The van der Waals surface area contributed by atoms with Gasteiger partial charge in [0.25, 0.3) is 0 Å². The molecule has 2 rings (SSSR count). The van der Waals surface area contributed by atoms with Crippen molar-refractivity contribution in [2.45, 2.75) is 25.7 Å². The lowest BCUT2D eigenvalue weighted by Gasteiger charge is -2.19. The van der Waals surface area contributed by atoms with Crippen molar-refractivity contribution in [1.82, 2.24) is 5.32 Å². The van der Waals surface area contributed by atoms with Gasteiger partial charge in [-0.1, -0.05) is 48.5 Å². The normalized spacial score (nSPS) is 12.9. The highest BCUT2D eigenvalue weighted by atomic mass is 16.5. The molecule has 2 unspecified atom stereocenters. The standard InChI is InChI=1S/C19H21NO5/c1-13(21)15-8-5-9-16(10-15)18(23)17(22)11-20-19(24)25-12-14-6-3-2-4-7-14/h2-10,17-18,22-23H,11-12H2,1H3,(H,20,24). The SMILES string of the molecule is CC(=O)c1cccc(C(O)C(O)CNC(=O)OCc2ccccc2)c1. The van der Waals surface area contributed by atoms with E-state index in [0.717, 1.165) is 5.56 Å². The van der Waals surface area contributed by atoms with Gasteiger partial charge in [-0.2, -0.15) is 0 Å². The van der Waals surface area contributed by atoms with Crippen molar-refractivity contribution in [1.29, 1.82) is 0 Å². The molecule has 0 aliphatic carbocycles. The van der Waals surface area contributed by atoms with E-state index >= 15 is 0 Å². The lowest BCUT2D eigenvalue weighted by Crippen LogP contribution is -2.35. The molecular weight excluding hydrogens is 322 g/mol. The van der Waals surface area contributed by atoms with Gasteiger partial charge in [-0.05, 0) is 24.1 Å². The number of Topliss-reactive ketones (excluding diaryl/α,β-unsaturated/α-hetero) is 1. The van der Waals surface area contributed by atoms with Crippen molar-refractivity contribution in [3.05, 3.63) is 71.3 Å². The Morgan fingerprint density at radius 3 is 2.48 bits per heavy atom. The van der Waals surface area contributed by atoms with Crippen molar-refractivity contribution in [2.75, 3.05) is 6.54 Å². The molecule has 0 bridgehead atoms. The number of alkyl carbamates (subject to hydrolysis) is 1. The van der Waals surface area contributed by atoms with Crippen LogP contribution in [0.25, 0.3) is 0 Å². The summed E-state index contributed by atoms with van der Waals surface area (Å²) in [5.41, 5.74) is 1.69. The Hall–Kier alpha value is -2.70. The number of hydrogen-bond donors (Lipinski definition) is 3. The largest absolute Gasteiger partial charge is 0.445 e. The minimum atomic E-state index is -1.23. The summed E-state index contributed by atoms with van der Waals surface area (Å²) < 4.78 is 5.03. The van der Waals surface area contributed by atoms with E-state index in [4.69, 9.17) is 4.74 Å². The fourth-order valence-corrected chi connectivity index (χ4v) is 2.24. The van der Waals surface area contributed by atoms with Crippen LogP contribution < -0.4 is 5.32 Å². The predicted molar refractivity (Wildman–Crippen MR) is 92.0 cm³/mol. The molecular formula is C19H21NO5. The third kappa shape index (κ3) is 5.70. The fraction of sp³-hybridized carbons (Fsp3) is 0.263. The van der Waals surface area contributed by atoms with Crippen LogP contribution in [-0.4, -0.2) is 34.7 Å². The Bertz CT molecular complexity index is 717. The summed E-state index contributed by atoms with van der Waals surface area (Å²) in [7, 11) is 0. The van der Waals surface area contributed by atoms with Crippen LogP contribution in [0, 0.1) is 0 Å². The van der Waals surface area contributed by atoms with Crippen molar-refractivity contribution in [3.63, 3.8) is 0 Å². The van der Waals surface area contributed by atoms with Crippen LogP contribution >= 0.6 is 0 Å². The first-order valence-corrected chi connectivity index (χ1v) is 7.89. The number of amides is 1. The van der Waals surface area contributed by atoms with Gasteiger partial charge in [-0.15, -0.1) is 0 Å². The number of carbonyl (C=O) groups excluding carboxylic acids is 2. The molecule has 2 atom stereocenters. The van der Waals surface area contributed by atoms with E-state index in [0.29, 0.717) is 11.1 Å². The van der Waals surface area contributed by atoms with E-state index in [2.05, 4.69) is 5.32 Å². The van der Waals surface area contributed by atoms with Crippen LogP contribution in [0.5, 0.6) is 0 Å². The quantitative estimate of drug-likeness (QED) is 0.670. The van der Waals surface area contributed by atoms with Crippen LogP contribution in [0.4, 0.5) is 4.79 Å². The second-order valence-electron chi connectivity index (χ2n) is 5.64. The number of aliphatic hydroxyl groups is 2. The number of rotatable bonds is 7. The van der Waals surface area contributed by atoms with Gasteiger partial charge < -0.3 is 20.3 Å². The first-order chi connectivity index (χ1) is 12.0. The van der Waals surface area contributed by atoms with Crippen molar-refractivity contribution in [3.8, 4) is 0 Å². The van der Waals surface area contributed by atoms with Crippen LogP contribution in [-0.2, 0) is 11.3 Å². The van der Waals surface area contributed by atoms with Gasteiger partial charge in [0.15, 0.2) is 5.78 Å². The maximum atomic E-state index is 11.7. The summed E-state index contributed by atoms with van der Waals surface area (Å²) in [5.74, 6) is -0.133. The van der Waals surface area contributed by atoms with Crippen molar-refractivity contribution < 1.29 is 24.5 Å². The first-order valence-electron chi connectivity index (χ1n) is 7.89. The smallest absolute Gasteiger partial charge is 0.407 e. The molecule has 0 saturated carbocycles. The Morgan fingerprint density at radius 2 is 1.80 bits per heavy atom. The minimum Gasteiger partial charge on any atom is -0.445 e. The molecule has 25 heavy (non-hydrogen) atoms. The Morgan fingerprint density at radius 1 is 1.08 bits per heavy atom. The first kappa shape index (κ1) is 18.6. The molecule has 1 amide bonds. The summed E-state index contributed by atoms with van der Waals surface area (Å²) in [6.45, 7) is 1.36. The van der Waals surface area contributed by atoms with E-state index in [1.54, 1.807) is 18.2 Å². The van der Waals surface area contributed by atoms with E-state index < -0.39 is 18.3 Å². The molecule has 0 heterocycles.